The van der Waals surface area contributed by atoms with Gasteiger partial charge in [0, 0.05) is 11.8 Å². The van der Waals surface area contributed by atoms with Crippen LogP contribution in [0.1, 0.15) is 0 Å². The number of carbonyl (C=O) groups is 1. The van der Waals surface area contributed by atoms with E-state index in [2.05, 4.69) is 4.99 Å². The van der Waals surface area contributed by atoms with Crippen LogP contribution < -0.4 is 0 Å². The summed E-state index contributed by atoms with van der Waals surface area (Å²) in [6.45, 7) is 0. The molecule has 0 unspecified atom stereocenters. The van der Waals surface area contributed by atoms with Crippen molar-refractivity contribution in [1.82, 2.24) is 0 Å². The molecule has 2 aliphatic rings. The summed E-state index contributed by atoms with van der Waals surface area (Å²) < 4.78 is 0. The van der Waals surface area contributed by atoms with Crippen LogP contribution >= 0.6 is 11.8 Å². The first-order chi connectivity index (χ1) is 4.86. The Morgan fingerprint density at radius 1 is 1.60 bits per heavy atom. The van der Waals surface area contributed by atoms with Gasteiger partial charge in [0.15, 0.2) is 0 Å². The smallest absolute Gasteiger partial charge is 0.267 e. The lowest BCUT2D eigenvalue weighted by Gasteiger charge is -2.03. The van der Waals surface area contributed by atoms with E-state index in [9.17, 15) is 4.79 Å². The monoisotopic (exact) mass is 151 g/mol. The minimum Gasteiger partial charge on any atom is -0.267 e. The van der Waals surface area contributed by atoms with Crippen LogP contribution in [0.25, 0.3) is 0 Å². The Morgan fingerprint density at radius 3 is 3.30 bits per heavy atom. The van der Waals surface area contributed by atoms with Crippen LogP contribution in [0.5, 0.6) is 0 Å². The first-order valence-corrected chi connectivity index (χ1v) is 4.03. The lowest BCUT2D eigenvalue weighted by atomic mass is 10.2. The van der Waals surface area contributed by atoms with Crippen LogP contribution in [0.4, 0.5) is 0 Å². The number of aliphatic imine (C=N–C) groups is 1. The zero-order chi connectivity index (χ0) is 6.97. The fraction of sp³-hybridized carbons (Fsp3) is 0.143. The molecule has 2 nitrogen and oxygen atoms in total. The van der Waals surface area contributed by atoms with E-state index in [1.807, 2.05) is 11.5 Å². The molecule has 0 atom stereocenters. The van der Waals surface area contributed by atoms with Gasteiger partial charge in [-0.1, -0.05) is 0 Å². The van der Waals surface area contributed by atoms with Gasteiger partial charge in [-0.25, -0.2) is 4.99 Å². The third kappa shape index (κ3) is 0.827. The maximum Gasteiger partial charge on any atom is 0.270 e. The van der Waals surface area contributed by atoms with Crippen LogP contribution in [0, 0.1) is 0 Å². The van der Waals surface area contributed by atoms with Gasteiger partial charge in [-0.05, 0) is 17.1 Å². The molecule has 2 rings (SSSR count). The molecular weight excluding hydrogens is 146 g/mol. The van der Waals surface area contributed by atoms with E-state index in [-0.39, 0.29) is 5.91 Å². The standard InChI is InChI=1S/C7H5NOS/c9-7-3-5-4-10-2-1-6(5)8-7/h1-3H,4H2. The number of allylic oxidation sites excluding steroid dienone is 1. The fourth-order valence-corrected chi connectivity index (χ4v) is 1.69. The van der Waals surface area contributed by atoms with Crippen LogP contribution in [0.15, 0.2) is 28.1 Å². The molecule has 0 fully saturated rings. The van der Waals surface area contributed by atoms with Crippen molar-refractivity contribution in [2.45, 2.75) is 0 Å². The molecule has 0 radical (unpaired) electrons. The van der Waals surface area contributed by atoms with Crippen molar-refractivity contribution in [1.29, 1.82) is 0 Å². The molecule has 0 aromatic carbocycles. The lowest BCUT2D eigenvalue weighted by molar-refractivity contribution is -0.113. The van der Waals surface area contributed by atoms with E-state index in [0.29, 0.717) is 0 Å². The summed E-state index contributed by atoms with van der Waals surface area (Å²) in [6, 6.07) is 0. The molecule has 50 valence electrons. The van der Waals surface area contributed by atoms with Crippen LogP contribution in [0.2, 0.25) is 0 Å². The van der Waals surface area contributed by atoms with Gasteiger partial charge >= 0.3 is 0 Å². The second-order valence-corrected chi connectivity index (χ2v) is 3.01. The molecule has 1 amide bonds. The lowest BCUT2D eigenvalue weighted by Crippen LogP contribution is -2.00. The highest BCUT2D eigenvalue weighted by Crippen LogP contribution is 2.21. The van der Waals surface area contributed by atoms with Crippen molar-refractivity contribution in [3.63, 3.8) is 0 Å². The highest BCUT2D eigenvalue weighted by atomic mass is 32.2. The number of nitrogens with zero attached hydrogens (tertiary/aromatic N) is 1. The average molecular weight is 151 g/mol. The normalized spacial score (nSPS) is 22.2. The van der Waals surface area contributed by atoms with E-state index in [1.54, 1.807) is 17.8 Å². The molecule has 0 aliphatic carbocycles. The molecule has 2 aliphatic heterocycles. The minimum absolute atomic E-state index is 0.114. The molecule has 0 aromatic heterocycles. The molecule has 0 aromatic rings. The van der Waals surface area contributed by atoms with Crippen LogP contribution in [-0.4, -0.2) is 17.4 Å². The zero-order valence-corrected chi connectivity index (χ0v) is 6.02. The molecule has 0 saturated heterocycles. The van der Waals surface area contributed by atoms with E-state index in [1.165, 1.54) is 0 Å². The maximum atomic E-state index is 10.7. The number of fused-ring (bicyclic) bond motifs is 1. The van der Waals surface area contributed by atoms with Gasteiger partial charge in [0.25, 0.3) is 5.91 Å². The average Bonchev–Trinajstić information content (AvgIpc) is 2.27. The zero-order valence-electron chi connectivity index (χ0n) is 5.20. The number of carbonyl (C=O) groups excluding carboxylic acids is 1. The highest BCUT2D eigenvalue weighted by molar-refractivity contribution is 8.02. The summed E-state index contributed by atoms with van der Waals surface area (Å²) in [6.07, 6.45) is 3.48. The summed E-state index contributed by atoms with van der Waals surface area (Å²) in [5, 5.41) is 1.97. The summed E-state index contributed by atoms with van der Waals surface area (Å²) in [7, 11) is 0. The number of rotatable bonds is 0. The van der Waals surface area contributed by atoms with E-state index >= 15 is 0 Å². The van der Waals surface area contributed by atoms with Gasteiger partial charge < -0.3 is 0 Å². The van der Waals surface area contributed by atoms with Gasteiger partial charge in [0.1, 0.15) is 0 Å². The van der Waals surface area contributed by atoms with Crippen molar-refractivity contribution in [2.24, 2.45) is 4.99 Å². The fourth-order valence-electron chi connectivity index (χ4n) is 0.956. The number of thioether (sulfide) groups is 1. The second-order valence-electron chi connectivity index (χ2n) is 2.12. The summed E-state index contributed by atoms with van der Waals surface area (Å²) in [4.78, 5) is 14.5. The van der Waals surface area contributed by atoms with Gasteiger partial charge in [-0.3, -0.25) is 4.79 Å². The Bertz CT molecular complexity index is 275. The predicted octanol–water partition coefficient (Wildman–Crippen LogP) is 1.15. The summed E-state index contributed by atoms with van der Waals surface area (Å²) >= 11 is 1.69. The Kier molecular flexibility index (Phi) is 1.24. The van der Waals surface area contributed by atoms with Crippen molar-refractivity contribution >= 4 is 23.4 Å². The molecule has 0 saturated carbocycles. The Balaban J connectivity index is 2.46. The van der Waals surface area contributed by atoms with E-state index in [0.717, 1.165) is 17.0 Å². The van der Waals surface area contributed by atoms with Gasteiger partial charge in [-0.15, -0.1) is 11.8 Å². The number of amides is 1. The summed E-state index contributed by atoms with van der Waals surface area (Å²) in [5.74, 6) is 0.776. The first-order valence-electron chi connectivity index (χ1n) is 2.98. The Morgan fingerprint density at radius 2 is 2.50 bits per heavy atom. The number of hydrogen-bond acceptors (Lipinski definition) is 2. The molecule has 3 heteroatoms. The number of hydrogen-bond donors (Lipinski definition) is 0. The quantitative estimate of drug-likeness (QED) is 0.519. The van der Waals surface area contributed by atoms with Crippen LogP contribution in [0.3, 0.4) is 0 Å². The topological polar surface area (TPSA) is 29.4 Å². The minimum atomic E-state index is -0.114. The van der Waals surface area contributed by atoms with Crippen molar-refractivity contribution in [3.8, 4) is 0 Å². The van der Waals surface area contributed by atoms with E-state index in [4.69, 9.17) is 0 Å². The second kappa shape index (κ2) is 2.09. The van der Waals surface area contributed by atoms with Crippen LogP contribution in [-0.2, 0) is 4.79 Å². The maximum absolute atomic E-state index is 10.7. The molecule has 0 spiro atoms. The highest BCUT2D eigenvalue weighted by Gasteiger charge is 2.16. The first kappa shape index (κ1) is 5.92. The largest absolute Gasteiger partial charge is 0.270 e. The Labute approximate surface area is 62.7 Å². The molecule has 0 N–H and O–H groups in total. The molecule has 2 heterocycles. The third-order valence-corrected chi connectivity index (χ3v) is 2.22. The van der Waals surface area contributed by atoms with E-state index < -0.39 is 0 Å². The summed E-state index contributed by atoms with van der Waals surface area (Å²) in [5.41, 5.74) is 1.92. The van der Waals surface area contributed by atoms with Crippen molar-refractivity contribution in [3.05, 3.63) is 23.1 Å². The molecule has 0 bridgehead atoms. The third-order valence-electron chi connectivity index (χ3n) is 1.42. The molecule has 10 heavy (non-hydrogen) atoms. The van der Waals surface area contributed by atoms with Gasteiger partial charge in [0.05, 0.1) is 5.71 Å². The van der Waals surface area contributed by atoms with Gasteiger partial charge in [-0.2, -0.15) is 0 Å². The predicted molar refractivity (Wildman–Crippen MR) is 42.1 cm³/mol. The van der Waals surface area contributed by atoms with Crippen molar-refractivity contribution in [2.75, 3.05) is 5.75 Å². The molecular formula is C7H5NOS. The van der Waals surface area contributed by atoms with Gasteiger partial charge in [0.2, 0.25) is 0 Å². The Hall–Kier alpha value is -0.830. The SMILES string of the molecule is O=C1C=C2CSC=CC2=N1. The van der Waals surface area contributed by atoms with Crippen molar-refractivity contribution < 1.29 is 4.79 Å².